The molecule has 2 heterocycles. The Hall–Kier alpha value is -0.570. The van der Waals surface area contributed by atoms with E-state index in [-0.39, 0.29) is 0 Å². The lowest BCUT2D eigenvalue weighted by Crippen LogP contribution is -2.34. The summed E-state index contributed by atoms with van der Waals surface area (Å²) < 4.78 is 5.38. The second kappa shape index (κ2) is 3.29. The van der Waals surface area contributed by atoms with Crippen LogP contribution in [0.25, 0.3) is 0 Å². The van der Waals surface area contributed by atoms with Crippen LogP contribution in [0.4, 0.5) is 0 Å². The number of nitrogens with one attached hydrogen (secondary N) is 1. The summed E-state index contributed by atoms with van der Waals surface area (Å²) in [6.07, 6.45) is 3.64. The van der Waals surface area contributed by atoms with E-state index in [1.807, 2.05) is 6.92 Å². The van der Waals surface area contributed by atoms with E-state index in [4.69, 9.17) is 10.1 Å². The van der Waals surface area contributed by atoms with Crippen LogP contribution < -0.4 is 0 Å². The number of nitrogens with zero attached hydrogens (tertiary/aromatic N) is 1. The number of hydrogen-bond acceptors (Lipinski definition) is 2. The molecule has 0 saturated carbocycles. The third kappa shape index (κ3) is 1.70. The van der Waals surface area contributed by atoms with Crippen molar-refractivity contribution in [3.8, 4) is 0 Å². The number of rotatable bonds is 0. The van der Waals surface area contributed by atoms with Crippen molar-refractivity contribution in [2.45, 2.75) is 26.2 Å². The smallest absolute Gasteiger partial charge is 0.0926 e. The van der Waals surface area contributed by atoms with Gasteiger partial charge in [-0.1, -0.05) is 0 Å². The third-order valence-electron chi connectivity index (χ3n) is 3.47. The van der Waals surface area contributed by atoms with E-state index in [0.29, 0.717) is 5.41 Å². The summed E-state index contributed by atoms with van der Waals surface area (Å²) in [5.41, 5.74) is 0.487. The average Bonchev–Trinajstić information content (AvgIpc) is 2.51. The zero-order chi connectivity index (χ0) is 9.31. The lowest BCUT2D eigenvalue weighted by Gasteiger charge is -2.33. The first kappa shape index (κ1) is 9.00. The van der Waals surface area contributed by atoms with Gasteiger partial charge in [0.1, 0.15) is 0 Å². The van der Waals surface area contributed by atoms with Gasteiger partial charge in [0.25, 0.3) is 0 Å². The summed E-state index contributed by atoms with van der Waals surface area (Å²) >= 11 is 0. The fraction of sp³-hybridized carbons (Fsp3) is 0.900. The van der Waals surface area contributed by atoms with Gasteiger partial charge in [0.15, 0.2) is 0 Å². The molecule has 2 aliphatic heterocycles. The topological polar surface area (TPSA) is 36.3 Å². The van der Waals surface area contributed by atoms with Crippen molar-refractivity contribution in [2.24, 2.45) is 5.41 Å². The van der Waals surface area contributed by atoms with Crippen molar-refractivity contribution in [1.82, 2.24) is 4.90 Å². The maximum atomic E-state index is 7.59. The van der Waals surface area contributed by atoms with E-state index in [2.05, 4.69) is 4.90 Å². The molecule has 0 aromatic carbocycles. The van der Waals surface area contributed by atoms with Crippen LogP contribution in [0.2, 0.25) is 0 Å². The minimum atomic E-state index is 0.487. The molecule has 0 aromatic heterocycles. The maximum absolute atomic E-state index is 7.59. The molecule has 1 spiro atoms. The highest BCUT2D eigenvalue weighted by Gasteiger charge is 2.39. The molecule has 3 heteroatoms. The Kier molecular flexibility index (Phi) is 2.28. The first-order valence-corrected chi connectivity index (χ1v) is 5.10. The predicted molar refractivity (Wildman–Crippen MR) is 52.1 cm³/mol. The number of likely N-dealkylation sites (tertiary alicyclic amines) is 1. The van der Waals surface area contributed by atoms with E-state index in [1.165, 1.54) is 19.3 Å². The highest BCUT2D eigenvalue weighted by molar-refractivity contribution is 5.76. The third-order valence-corrected chi connectivity index (χ3v) is 3.47. The Morgan fingerprint density at radius 3 is 2.54 bits per heavy atom. The molecule has 13 heavy (non-hydrogen) atoms. The second-order valence-electron chi connectivity index (χ2n) is 4.37. The molecule has 0 bridgehead atoms. The summed E-state index contributed by atoms with van der Waals surface area (Å²) in [6.45, 7) is 5.90. The maximum Gasteiger partial charge on any atom is 0.0926 e. The Bertz CT molecular complexity index is 209. The molecule has 0 aromatic rings. The Labute approximate surface area is 79.6 Å². The van der Waals surface area contributed by atoms with Gasteiger partial charge in [-0.3, -0.25) is 5.41 Å². The van der Waals surface area contributed by atoms with E-state index >= 15 is 0 Å². The van der Waals surface area contributed by atoms with Gasteiger partial charge in [-0.25, -0.2) is 0 Å². The minimum absolute atomic E-state index is 0.487. The van der Waals surface area contributed by atoms with Crippen LogP contribution in [-0.4, -0.2) is 37.0 Å². The molecule has 74 valence electrons. The average molecular weight is 182 g/mol. The van der Waals surface area contributed by atoms with Crippen LogP contribution in [0.5, 0.6) is 0 Å². The summed E-state index contributed by atoms with van der Waals surface area (Å²) in [6, 6.07) is 0. The first-order valence-electron chi connectivity index (χ1n) is 5.10. The van der Waals surface area contributed by atoms with Crippen molar-refractivity contribution < 1.29 is 4.74 Å². The van der Waals surface area contributed by atoms with Crippen molar-refractivity contribution in [3.63, 3.8) is 0 Å². The van der Waals surface area contributed by atoms with Gasteiger partial charge in [-0.15, -0.1) is 0 Å². The molecule has 2 fully saturated rings. The van der Waals surface area contributed by atoms with Crippen molar-refractivity contribution >= 4 is 5.84 Å². The van der Waals surface area contributed by atoms with Gasteiger partial charge in [-0.05, 0) is 31.6 Å². The molecular weight excluding hydrogens is 164 g/mol. The fourth-order valence-electron chi connectivity index (χ4n) is 2.43. The molecule has 2 saturated heterocycles. The monoisotopic (exact) mass is 182 g/mol. The summed E-state index contributed by atoms with van der Waals surface area (Å²) in [5, 5.41) is 7.59. The van der Waals surface area contributed by atoms with Gasteiger partial charge in [0, 0.05) is 26.3 Å². The van der Waals surface area contributed by atoms with Gasteiger partial charge >= 0.3 is 0 Å². The summed E-state index contributed by atoms with van der Waals surface area (Å²) in [7, 11) is 0. The molecular formula is C10H18N2O. The van der Waals surface area contributed by atoms with E-state index in [1.54, 1.807) is 0 Å². The van der Waals surface area contributed by atoms with Crippen molar-refractivity contribution in [2.75, 3.05) is 26.3 Å². The number of amidine groups is 1. The van der Waals surface area contributed by atoms with Gasteiger partial charge < -0.3 is 9.64 Å². The fourth-order valence-corrected chi connectivity index (χ4v) is 2.43. The number of hydrogen-bond donors (Lipinski definition) is 1. The lowest BCUT2D eigenvalue weighted by molar-refractivity contribution is 0.0218. The minimum Gasteiger partial charge on any atom is -0.381 e. The predicted octanol–water partition coefficient (Wildman–Crippen LogP) is 1.49. The van der Waals surface area contributed by atoms with Crippen LogP contribution in [0.1, 0.15) is 26.2 Å². The molecule has 0 unspecified atom stereocenters. The zero-order valence-corrected chi connectivity index (χ0v) is 8.31. The van der Waals surface area contributed by atoms with Gasteiger partial charge in [-0.2, -0.15) is 0 Å². The molecule has 3 nitrogen and oxygen atoms in total. The first-order chi connectivity index (χ1) is 6.22. The number of ether oxygens (including phenoxy) is 1. The molecule has 0 radical (unpaired) electrons. The molecule has 0 aliphatic carbocycles. The van der Waals surface area contributed by atoms with Crippen LogP contribution >= 0.6 is 0 Å². The highest BCUT2D eigenvalue weighted by atomic mass is 16.5. The standard InChI is InChI=1S/C10H18N2O/c1-9(11)12-5-2-10(8-12)3-6-13-7-4-10/h11H,2-8H2,1H3. The van der Waals surface area contributed by atoms with Crippen molar-refractivity contribution in [1.29, 1.82) is 5.41 Å². The van der Waals surface area contributed by atoms with Crippen LogP contribution in [-0.2, 0) is 4.74 Å². The summed E-state index contributed by atoms with van der Waals surface area (Å²) in [5.74, 6) is 0.725. The van der Waals surface area contributed by atoms with Gasteiger partial charge in [0.05, 0.1) is 5.84 Å². The van der Waals surface area contributed by atoms with Crippen LogP contribution in [0.3, 0.4) is 0 Å². The van der Waals surface area contributed by atoms with E-state index < -0.39 is 0 Å². The molecule has 0 atom stereocenters. The van der Waals surface area contributed by atoms with E-state index in [0.717, 1.165) is 32.1 Å². The largest absolute Gasteiger partial charge is 0.381 e. The van der Waals surface area contributed by atoms with E-state index in [9.17, 15) is 0 Å². The second-order valence-corrected chi connectivity index (χ2v) is 4.37. The Morgan fingerprint density at radius 1 is 1.31 bits per heavy atom. The van der Waals surface area contributed by atoms with Crippen molar-refractivity contribution in [3.05, 3.63) is 0 Å². The quantitative estimate of drug-likeness (QED) is 0.455. The molecule has 1 N–H and O–H groups in total. The SMILES string of the molecule is CC(=N)N1CCC2(CCOCC2)C1. The highest BCUT2D eigenvalue weighted by Crippen LogP contribution is 2.39. The Balaban J connectivity index is 1.98. The van der Waals surface area contributed by atoms with Crippen LogP contribution in [0, 0.1) is 10.8 Å². The Morgan fingerprint density at radius 2 is 2.00 bits per heavy atom. The van der Waals surface area contributed by atoms with Crippen LogP contribution in [0.15, 0.2) is 0 Å². The lowest BCUT2D eigenvalue weighted by atomic mass is 9.80. The molecule has 2 aliphatic rings. The normalized spacial score (nSPS) is 26.7. The molecule has 0 amide bonds. The van der Waals surface area contributed by atoms with Gasteiger partial charge in [0.2, 0.25) is 0 Å². The molecule has 2 rings (SSSR count). The summed E-state index contributed by atoms with van der Waals surface area (Å²) in [4.78, 5) is 2.20. The zero-order valence-electron chi connectivity index (χ0n) is 8.31.